The van der Waals surface area contributed by atoms with Crippen LogP contribution in [0.1, 0.15) is 43.1 Å². The molecule has 0 fully saturated rings. The quantitative estimate of drug-likeness (QED) is 0.310. The minimum absolute atomic E-state index is 0. The Hall–Kier alpha value is -1.42. The molecular formula is C19H30IN5OS. The monoisotopic (exact) mass is 503 g/mol. The molecule has 0 aliphatic carbocycles. The van der Waals surface area contributed by atoms with Gasteiger partial charge in [-0.15, -0.1) is 35.3 Å². The molecule has 2 heterocycles. The normalized spacial score (nSPS) is 11.2. The van der Waals surface area contributed by atoms with Gasteiger partial charge in [-0.25, -0.2) is 15.0 Å². The molecule has 0 aliphatic rings. The number of halogens is 1. The van der Waals surface area contributed by atoms with E-state index in [1.807, 2.05) is 38.4 Å². The summed E-state index contributed by atoms with van der Waals surface area (Å²) < 4.78 is 5.56. The molecule has 8 heteroatoms. The van der Waals surface area contributed by atoms with E-state index in [4.69, 9.17) is 4.74 Å². The fourth-order valence-electron chi connectivity index (χ4n) is 2.24. The van der Waals surface area contributed by atoms with E-state index < -0.39 is 0 Å². The third-order valence-corrected chi connectivity index (χ3v) is 4.70. The van der Waals surface area contributed by atoms with Gasteiger partial charge in [0.05, 0.1) is 17.7 Å². The summed E-state index contributed by atoms with van der Waals surface area (Å²) in [6.45, 7) is 10.4. The van der Waals surface area contributed by atoms with Gasteiger partial charge in [-0.2, -0.15) is 0 Å². The van der Waals surface area contributed by atoms with Gasteiger partial charge >= 0.3 is 0 Å². The van der Waals surface area contributed by atoms with Crippen LogP contribution >= 0.6 is 35.3 Å². The van der Waals surface area contributed by atoms with Gasteiger partial charge in [0.25, 0.3) is 0 Å². The van der Waals surface area contributed by atoms with Gasteiger partial charge < -0.3 is 15.4 Å². The van der Waals surface area contributed by atoms with E-state index in [1.165, 1.54) is 4.88 Å². The number of rotatable bonds is 9. The highest BCUT2D eigenvalue weighted by molar-refractivity contribution is 14.0. The van der Waals surface area contributed by atoms with E-state index in [0.29, 0.717) is 12.4 Å². The van der Waals surface area contributed by atoms with Crippen molar-refractivity contribution >= 4 is 41.3 Å². The van der Waals surface area contributed by atoms with Crippen LogP contribution in [0.5, 0.6) is 5.88 Å². The van der Waals surface area contributed by atoms with E-state index in [0.717, 1.165) is 42.5 Å². The van der Waals surface area contributed by atoms with Crippen molar-refractivity contribution in [1.82, 2.24) is 20.6 Å². The molecule has 150 valence electrons. The topological polar surface area (TPSA) is 71.4 Å². The second-order valence-electron chi connectivity index (χ2n) is 6.12. The Bertz CT molecular complexity index is 688. The number of aromatic nitrogens is 2. The zero-order chi connectivity index (χ0) is 18.8. The Morgan fingerprint density at radius 1 is 1.19 bits per heavy atom. The summed E-state index contributed by atoms with van der Waals surface area (Å²) in [5, 5.41) is 7.80. The Labute approximate surface area is 183 Å². The van der Waals surface area contributed by atoms with E-state index >= 15 is 0 Å². The minimum Gasteiger partial charge on any atom is -0.475 e. The molecule has 2 N–H and O–H groups in total. The molecule has 6 nitrogen and oxygen atoms in total. The van der Waals surface area contributed by atoms with Gasteiger partial charge in [0.15, 0.2) is 5.96 Å². The average molecular weight is 503 g/mol. The van der Waals surface area contributed by atoms with Crippen molar-refractivity contribution in [2.75, 3.05) is 13.1 Å². The molecule has 0 aliphatic heterocycles. The van der Waals surface area contributed by atoms with Gasteiger partial charge in [0.2, 0.25) is 5.88 Å². The van der Waals surface area contributed by atoms with Crippen LogP contribution in [-0.4, -0.2) is 35.1 Å². The zero-order valence-electron chi connectivity index (χ0n) is 16.5. The number of nitrogens with one attached hydrogen (secondary N) is 2. The number of thiazole rings is 1. The third-order valence-electron chi connectivity index (χ3n) is 3.50. The first-order chi connectivity index (χ1) is 12.6. The molecule has 2 aromatic heterocycles. The lowest BCUT2D eigenvalue weighted by Gasteiger charge is -2.11. The van der Waals surface area contributed by atoms with Crippen molar-refractivity contribution in [3.63, 3.8) is 0 Å². The maximum absolute atomic E-state index is 5.56. The first-order valence-electron chi connectivity index (χ1n) is 9.18. The molecular weight excluding hydrogens is 473 g/mol. The number of aliphatic imine (C=N–C) groups is 1. The number of hydrogen-bond acceptors (Lipinski definition) is 5. The first-order valence-corrected chi connectivity index (χ1v) is 9.99. The SMILES string of the molecule is CCNC(=NCc1ccc(OC(C)C)nc1)NCCc1ncc(CC)s1.I. The van der Waals surface area contributed by atoms with Gasteiger partial charge in [0.1, 0.15) is 0 Å². The molecule has 2 aromatic rings. The van der Waals surface area contributed by atoms with Crippen molar-refractivity contribution < 1.29 is 4.74 Å². The highest BCUT2D eigenvalue weighted by Crippen LogP contribution is 2.13. The molecule has 0 saturated heterocycles. The maximum Gasteiger partial charge on any atom is 0.213 e. The predicted octanol–water partition coefficient (Wildman–Crippen LogP) is 3.80. The summed E-state index contributed by atoms with van der Waals surface area (Å²) in [5.74, 6) is 1.45. The van der Waals surface area contributed by atoms with Crippen LogP contribution in [0, 0.1) is 0 Å². The maximum atomic E-state index is 5.56. The van der Waals surface area contributed by atoms with Gasteiger partial charge in [-0.05, 0) is 32.8 Å². The summed E-state index contributed by atoms with van der Waals surface area (Å²) in [7, 11) is 0. The lowest BCUT2D eigenvalue weighted by atomic mass is 10.3. The molecule has 0 spiro atoms. The number of ether oxygens (including phenoxy) is 1. The largest absolute Gasteiger partial charge is 0.475 e. The van der Waals surface area contributed by atoms with Crippen molar-refractivity contribution in [1.29, 1.82) is 0 Å². The average Bonchev–Trinajstić information content (AvgIpc) is 3.08. The molecule has 0 amide bonds. The van der Waals surface area contributed by atoms with E-state index in [1.54, 1.807) is 11.3 Å². The van der Waals surface area contributed by atoms with Crippen LogP contribution in [-0.2, 0) is 19.4 Å². The second-order valence-corrected chi connectivity index (χ2v) is 7.32. The molecule has 0 saturated carbocycles. The van der Waals surface area contributed by atoms with E-state index in [-0.39, 0.29) is 30.1 Å². The highest BCUT2D eigenvalue weighted by atomic mass is 127. The van der Waals surface area contributed by atoms with Crippen LogP contribution in [0.25, 0.3) is 0 Å². The van der Waals surface area contributed by atoms with E-state index in [9.17, 15) is 0 Å². The van der Waals surface area contributed by atoms with Crippen LogP contribution in [0.4, 0.5) is 0 Å². The lowest BCUT2D eigenvalue weighted by Crippen LogP contribution is -2.38. The fourth-order valence-corrected chi connectivity index (χ4v) is 3.10. The van der Waals surface area contributed by atoms with Crippen LogP contribution in [0.15, 0.2) is 29.5 Å². The number of guanidine groups is 1. The summed E-state index contributed by atoms with van der Waals surface area (Å²) in [4.78, 5) is 14.7. The summed E-state index contributed by atoms with van der Waals surface area (Å²) in [5.41, 5.74) is 1.05. The number of pyridine rings is 1. The molecule has 0 atom stereocenters. The number of hydrogen-bond donors (Lipinski definition) is 2. The standard InChI is InChI=1S/C19H29N5OS.HI/c1-5-16-13-23-18(26-16)9-10-21-19(20-6-2)24-12-15-7-8-17(22-11-15)25-14(3)4;/h7-8,11,13-14H,5-6,9-10,12H2,1-4H3,(H2,20,21,24);1H. The Morgan fingerprint density at radius 3 is 2.59 bits per heavy atom. The molecule has 2 rings (SSSR count). The fraction of sp³-hybridized carbons (Fsp3) is 0.526. The summed E-state index contributed by atoms with van der Waals surface area (Å²) in [6, 6.07) is 3.89. The summed E-state index contributed by atoms with van der Waals surface area (Å²) >= 11 is 1.78. The molecule has 0 bridgehead atoms. The Kier molecular flexibility index (Phi) is 11.3. The Morgan fingerprint density at radius 2 is 2.00 bits per heavy atom. The predicted molar refractivity (Wildman–Crippen MR) is 123 cm³/mol. The van der Waals surface area contributed by atoms with Crippen molar-refractivity contribution in [2.45, 2.75) is 53.2 Å². The minimum atomic E-state index is 0. The Balaban J connectivity index is 0.00000364. The third kappa shape index (κ3) is 8.87. The van der Waals surface area contributed by atoms with Gasteiger partial charge in [-0.3, -0.25) is 0 Å². The highest BCUT2D eigenvalue weighted by Gasteiger charge is 2.03. The number of nitrogens with zero attached hydrogens (tertiary/aromatic N) is 3. The molecule has 0 radical (unpaired) electrons. The molecule has 27 heavy (non-hydrogen) atoms. The van der Waals surface area contributed by atoms with Gasteiger partial charge in [-0.1, -0.05) is 13.0 Å². The van der Waals surface area contributed by atoms with E-state index in [2.05, 4.69) is 39.4 Å². The summed E-state index contributed by atoms with van der Waals surface area (Å²) in [6.07, 6.45) is 5.86. The first kappa shape index (κ1) is 23.6. The smallest absolute Gasteiger partial charge is 0.213 e. The molecule has 0 unspecified atom stereocenters. The van der Waals surface area contributed by atoms with Crippen LogP contribution in [0.2, 0.25) is 0 Å². The van der Waals surface area contributed by atoms with Crippen LogP contribution < -0.4 is 15.4 Å². The zero-order valence-corrected chi connectivity index (χ0v) is 19.6. The van der Waals surface area contributed by atoms with Gasteiger partial charge in [0, 0.05) is 42.8 Å². The van der Waals surface area contributed by atoms with Crippen LogP contribution in [0.3, 0.4) is 0 Å². The van der Waals surface area contributed by atoms with Crippen molar-refractivity contribution in [3.8, 4) is 5.88 Å². The lowest BCUT2D eigenvalue weighted by molar-refractivity contribution is 0.232. The number of aryl methyl sites for hydroxylation is 1. The van der Waals surface area contributed by atoms with Crippen molar-refractivity contribution in [3.05, 3.63) is 40.0 Å². The van der Waals surface area contributed by atoms with Crippen molar-refractivity contribution in [2.24, 2.45) is 4.99 Å². The molecule has 0 aromatic carbocycles. The second kappa shape index (κ2) is 12.9.